The lowest BCUT2D eigenvalue weighted by molar-refractivity contribution is -0.126. The highest BCUT2D eigenvalue weighted by atomic mass is 16.2. The first-order chi connectivity index (χ1) is 12.3. The molecule has 0 radical (unpaired) electrons. The third-order valence-corrected chi connectivity index (χ3v) is 6.35. The van der Waals surface area contributed by atoms with Gasteiger partial charge in [0.1, 0.15) is 6.17 Å². The van der Waals surface area contributed by atoms with Crippen LogP contribution in [0.1, 0.15) is 33.6 Å². The van der Waals surface area contributed by atoms with Crippen LogP contribution < -0.4 is 16.0 Å². The molecule has 0 bridgehead atoms. The fraction of sp³-hybridized carbons (Fsp3) is 0.429. The second kappa shape index (κ2) is 5.73. The zero-order valence-electron chi connectivity index (χ0n) is 15.5. The molecular weight excluding hydrogens is 326 g/mol. The SMILES string of the molecule is CC1NC2=C(CC[C@H]3[C@H](C)C(=O)C(C(N)=O)=C[C@]23C)N1c1ccccc1. The molecule has 0 saturated carbocycles. The number of rotatable bonds is 2. The summed E-state index contributed by atoms with van der Waals surface area (Å²) in [5, 5.41) is 3.64. The number of benzene rings is 1. The zero-order chi connectivity index (χ0) is 18.6. The van der Waals surface area contributed by atoms with Gasteiger partial charge in [-0.2, -0.15) is 0 Å². The number of amides is 1. The lowest BCUT2D eigenvalue weighted by atomic mass is 9.58. The Labute approximate surface area is 153 Å². The lowest BCUT2D eigenvalue weighted by Crippen LogP contribution is -2.47. The summed E-state index contributed by atoms with van der Waals surface area (Å²) in [4.78, 5) is 26.8. The van der Waals surface area contributed by atoms with Gasteiger partial charge >= 0.3 is 0 Å². The Hall–Kier alpha value is -2.56. The molecule has 0 saturated heterocycles. The van der Waals surface area contributed by atoms with E-state index in [0.717, 1.165) is 24.2 Å². The minimum absolute atomic E-state index is 0.116. The van der Waals surface area contributed by atoms with Gasteiger partial charge in [0, 0.05) is 28.4 Å². The highest BCUT2D eigenvalue weighted by molar-refractivity contribution is 6.20. The maximum absolute atomic E-state index is 12.6. The number of carbonyl (C=O) groups is 2. The summed E-state index contributed by atoms with van der Waals surface area (Å²) in [6, 6.07) is 10.3. The molecule has 1 unspecified atom stereocenters. The molecule has 5 heteroatoms. The average molecular weight is 351 g/mol. The smallest absolute Gasteiger partial charge is 0.252 e. The van der Waals surface area contributed by atoms with Crippen molar-refractivity contribution in [1.82, 2.24) is 5.32 Å². The molecule has 0 aromatic heterocycles. The number of hydrogen-bond acceptors (Lipinski definition) is 4. The Morgan fingerprint density at radius 1 is 1.27 bits per heavy atom. The summed E-state index contributed by atoms with van der Waals surface area (Å²) >= 11 is 0. The highest BCUT2D eigenvalue weighted by Gasteiger charge is 2.52. The van der Waals surface area contributed by atoms with Gasteiger partial charge < -0.3 is 16.0 Å². The topological polar surface area (TPSA) is 75.4 Å². The van der Waals surface area contributed by atoms with E-state index in [1.54, 1.807) is 0 Å². The molecule has 5 nitrogen and oxygen atoms in total. The van der Waals surface area contributed by atoms with Crippen LogP contribution in [0.5, 0.6) is 0 Å². The number of hydrogen-bond donors (Lipinski definition) is 2. The van der Waals surface area contributed by atoms with E-state index in [0.29, 0.717) is 0 Å². The number of nitrogens with one attached hydrogen (secondary N) is 1. The molecule has 0 spiro atoms. The first-order valence-electron chi connectivity index (χ1n) is 9.26. The molecule has 2 aliphatic carbocycles. The molecule has 1 aliphatic heterocycles. The number of allylic oxidation sites excluding steroid dienone is 2. The molecule has 1 aromatic carbocycles. The van der Waals surface area contributed by atoms with Gasteiger partial charge in [-0.15, -0.1) is 0 Å². The van der Waals surface area contributed by atoms with E-state index in [4.69, 9.17) is 5.73 Å². The molecule has 1 heterocycles. The van der Waals surface area contributed by atoms with E-state index < -0.39 is 5.91 Å². The first kappa shape index (κ1) is 16.9. The van der Waals surface area contributed by atoms with E-state index >= 15 is 0 Å². The summed E-state index contributed by atoms with van der Waals surface area (Å²) in [7, 11) is 0. The maximum atomic E-state index is 12.6. The number of fused-ring (bicyclic) bond motifs is 2. The van der Waals surface area contributed by atoms with Gasteiger partial charge in [-0.3, -0.25) is 9.59 Å². The predicted molar refractivity (Wildman–Crippen MR) is 101 cm³/mol. The number of anilines is 1. The molecule has 1 amide bonds. The molecule has 3 N–H and O–H groups in total. The molecule has 26 heavy (non-hydrogen) atoms. The van der Waals surface area contributed by atoms with Gasteiger partial charge in [0.15, 0.2) is 5.78 Å². The van der Waals surface area contributed by atoms with Gasteiger partial charge in [0.2, 0.25) is 0 Å². The largest absolute Gasteiger partial charge is 0.366 e. The molecule has 1 aromatic rings. The van der Waals surface area contributed by atoms with Crippen LogP contribution in [0.2, 0.25) is 0 Å². The predicted octanol–water partition coefficient (Wildman–Crippen LogP) is 2.70. The van der Waals surface area contributed by atoms with Gasteiger partial charge in [0.05, 0.1) is 5.57 Å². The summed E-state index contributed by atoms with van der Waals surface area (Å²) in [6.45, 7) is 6.20. The number of Topliss-reactive ketones (excluding diaryl/α,β-unsaturated/α-hetero) is 1. The molecular formula is C21H25N3O2. The van der Waals surface area contributed by atoms with Crippen LogP contribution in [0, 0.1) is 17.3 Å². The van der Waals surface area contributed by atoms with Crippen LogP contribution in [0.3, 0.4) is 0 Å². The van der Waals surface area contributed by atoms with Crippen molar-refractivity contribution in [2.24, 2.45) is 23.0 Å². The zero-order valence-corrected chi connectivity index (χ0v) is 15.5. The Bertz CT molecular complexity index is 842. The Morgan fingerprint density at radius 3 is 2.62 bits per heavy atom. The van der Waals surface area contributed by atoms with Crippen molar-refractivity contribution in [2.45, 2.75) is 39.8 Å². The van der Waals surface area contributed by atoms with E-state index in [2.05, 4.69) is 36.2 Å². The summed E-state index contributed by atoms with van der Waals surface area (Å²) in [6.07, 6.45) is 3.78. The molecule has 4 rings (SSSR count). The van der Waals surface area contributed by atoms with Gasteiger partial charge in [0.25, 0.3) is 5.91 Å². The maximum Gasteiger partial charge on any atom is 0.252 e. The third-order valence-electron chi connectivity index (χ3n) is 6.35. The standard InChI is InChI=1S/C21H25N3O2/c1-12-16-9-10-17-19(21(16,3)11-15(18(12)25)20(22)26)23-13(2)24(17)14-7-5-4-6-8-14/h4-8,11-13,16,23H,9-10H2,1-3H3,(H2,22,26)/t12-,13?,16-,21-/m0/s1. The van der Waals surface area contributed by atoms with Crippen molar-refractivity contribution in [3.8, 4) is 0 Å². The van der Waals surface area contributed by atoms with Crippen molar-refractivity contribution in [2.75, 3.05) is 4.90 Å². The van der Waals surface area contributed by atoms with Crippen LogP contribution in [-0.4, -0.2) is 17.9 Å². The molecule has 136 valence electrons. The first-order valence-corrected chi connectivity index (χ1v) is 9.26. The molecule has 3 aliphatic rings. The van der Waals surface area contributed by atoms with E-state index in [1.807, 2.05) is 31.2 Å². The summed E-state index contributed by atoms with van der Waals surface area (Å²) < 4.78 is 0. The number of ketones is 1. The van der Waals surface area contributed by atoms with Crippen molar-refractivity contribution < 1.29 is 9.59 Å². The minimum Gasteiger partial charge on any atom is -0.366 e. The molecule has 4 atom stereocenters. The van der Waals surface area contributed by atoms with Crippen molar-refractivity contribution in [3.63, 3.8) is 0 Å². The number of nitrogens with zero attached hydrogens (tertiary/aromatic N) is 1. The Morgan fingerprint density at radius 2 is 1.96 bits per heavy atom. The van der Waals surface area contributed by atoms with E-state index in [-0.39, 0.29) is 34.8 Å². The lowest BCUT2D eigenvalue weighted by Gasteiger charge is -2.46. The summed E-state index contributed by atoms with van der Waals surface area (Å²) in [5.41, 5.74) is 8.81. The fourth-order valence-corrected chi connectivity index (χ4v) is 5.11. The fourth-order valence-electron chi connectivity index (χ4n) is 5.11. The number of nitrogens with two attached hydrogens (primary N) is 1. The van der Waals surface area contributed by atoms with Crippen LogP contribution in [0.25, 0.3) is 0 Å². The second-order valence-electron chi connectivity index (χ2n) is 7.85. The van der Waals surface area contributed by atoms with Gasteiger partial charge in [-0.05, 0) is 37.8 Å². The van der Waals surface area contributed by atoms with Crippen LogP contribution in [-0.2, 0) is 9.59 Å². The number of carbonyl (C=O) groups excluding carboxylic acids is 2. The van der Waals surface area contributed by atoms with Crippen molar-refractivity contribution >= 4 is 17.4 Å². The minimum atomic E-state index is -0.625. The van der Waals surface area contributed by atoms with E-state index in [9.17, 15) is 9.59 Å². The summed E-state index contributed by atoms with van der Waals surface area (Å²) in [5.74, 6) is -0.771. The van der Waals surface area contributed by atoms with Gasteiger partial charge in [-0.25, -0.2) is 0 Å². The quantitative estimate of drug-likeness (QED) is 0.804. The monoisotopic (exact) mass is 351 g/mol. The number of para-hydroxylation sites is 1. The van der Waals surface area contributed by atoms with Crippen LogP contribution in [0.4, 0.5) is 5.69 Å². The third kappa shape index (κ3) is 2.23. The second-order valence-corrected chi connectivity index (χ2v) is 7.85. The van der Waals surface area contributed by atoms with Crippen LogP contribution >= 0.6 is 0 Å². The van der Waals surface area contributed by atoms with Gasteiger partial charge in [-0.1, -0.05) is 38.1 Å². The Kier molecular flexibility index (Phi) is 3.72. The Balaban J connectivity index is 1.85. The highest BCUT2D eigenvalue weighted by Crippen LogP contribution is 2.54. The van der Waals surface area contributed by atoms with Crippen molar-refractivity contribution in [3.05, 3.63) is 53.4 Å². The average Bonchev–Trinajstić information content (AvgIpc) is 2.96. The van der Waals surface area contributed by atoms with E-state index in [1.165, 1.54) is 5.70 Å². The van der Waals surface area contributed by atoms with Crippen LogP contribution in [0.15, 0.2) is 53.4 Å². The number of primary amides is 1. The molecule has 0 fully saturated rings. The van der Waals surface area contributed by atoms with Crippen molar-refractivity contribution in [1.29, 1.82) is 0 Å². The normalized spacial score (nSPS) is 33.3.